The van der Waals surface area contributed by atoms with Gasteiger partial charge in [0.2, 0.25) is 0 Å². The van der Waals surface area contributed by atoms with E-state index in [4.69, 9.17) is 0 Å². The largest absolute Gasteiger partial charge is 0.368 e. The Morgan fingerprint density at radius 1 is 1.11 bits per heavy atom. The predicted molar refractivity (Wildman–Crippen MR) is 76.1 cm³/mol. The van der Waals surface area contributed by atoms with Gasteiger partial charge in [-0.1, -0.05) is 56.4 Å². The van der Waals surface area contributed by atoms with Crippen molar-refractivity contribution < 1.29 is 0 Å². The van der Waals surface area contributed by atoms with Gasteiger partial charge in [0, 0.05) is 12.1 Å². The molecule has 1 fully saturated rings. The molecule has 0 bridgehead atoms. The molecule has 3 rings (SSSR count). The average Bonchev–Trinajstić information content (AvgIpc) is 2.94. The summed E-state index contributed by atoms with van der Waals surface area (Å²) in [6.45, 7) is 1.92. The first-order valence-corrected chi connectivity index (χ1v) is 7.30. The summed E-state index contributed by atoms with van der Waals surface area (Å²) in [6, 6.07) is 8.79. The zero-order chi connectivity index (χ0) is 12.2. The maximum absolute atomic E-state index is 4.57. The number of aliphatic imine (C=N–C) groups is 1. The number of hydrogen-bond acceptors (Lipinski definition) is 2. The van der Waals surface area contributed by atoms with Crippen molar-refractivity contribution in [3.05, 3.63) is 35.4 Å². The van der Waals surface area contributed by atoms with Gasteiger partial charge in [0.15, 0.2) is 0 Å². The van der Waals surface area contributed by atoms with Crippen molar-refractivity contribution in [2.75, 3.05) is 13.1 Å². The number of nitrogens with one attached hydrogen (secondary N) is 1. The van der Waals surface area contributed by atoms with Gasteiger partial charge >= 0.3 is 0 Å². The van der Waals surface area contributed by atoms with Crippen LogP contribution in [0.2, 0.25) is 0 Å². The highest BCUT2D eigenvalue weighted by Gasteiger charge is 2.17. The SMILES string of the molecule is c1ccc(C2=NCCN2)c(CC2CCCCC2)c1. The van der Waals surface area contributed by atoms with Crippen molar-refractivity contribution >= 4 is 5.84 Å². The van der Waals surface area contributed by atoms with Crippen LogP contribution in [-0.2, 0) is 6.42 Å². The van der Waals surface area contributed by atoms with Gasteiger partial charge < -0.3 is 5.32 Å². The molecule has 96 valence electrons. The lowest BCUT2D eigenvalue weighted by molar-refractivity contribution is 0.356. The van der Waals surface area contributed by atoms with Crippen LogP contribution >= 0.6 is 0 Å². The summed E-state index contributed by atoms with van der Waals surface area (Å²) in [4.78, 5) is 4.57. The van der Waals surface area contributed by atoms with E-state index in [1.54, 1.807) is 0 Å². The molecule has 0 aromatic heterocycles. The number of amidine groups is 1. The molecular weight excluding hydrogens is 220 g/mol. The maximum Gasteiger partial charge on any atom is 0.128 e. The van der Waals surface area contributed by atoms with E-state index in [9.17, 15) is 0 Å². The summed E-state index contributed by atoms with van der Waals surface area (Å²) >= 11 is 0. The fourth-order valence-electron chi connectivity index (χ4n) is 3.21. The molecule has 2 heteroatoms. The van der Waals surface area contributed by atoms with Crippen molar-refractivity contribution in [1.29, 1.82) is 0 Å². The minimum absolute atomic E-state index is 0.891. The zero-order valence-corrected chi connectivity index (χ0v) is 11.0. The smallest absolute Gasteiger partial charge is 0.128 e. The molecule has 1 aliphatic heterocycles. The minimum Gasteiger partial charge on any atom is -0.368 e. The molecule has 0 spiro atoms. The number of rotatable bonds is 3. The van der Waals surface area contributed by atoms with Crippen LogP contribution in [0.3, 0.4) is 0 Å². The normalized spacial score (nSPS) is 20.6. The summed E-state index contributed by atoms with van der Waals surface area (Å²) in [5.74, 6) is 2.00. The number of benzene rings is 1. The molecule has 1 saturated carbocycles. The molecule has 2 aliphatic rings. The predicted octanol–water partition coefficient (Wildman–Crippen LogP) is 3.16. The van der Waals surface area contributed by atoms with Crippen molar-refractivity contribution in [1.82, 2.24) is 5.32 Å². The van der Waals surface area contributed by atoms with E-state index in [-0.39, 0.29) is 0 Å². The quantitative estimate of drug-likeness (QED) is 0.865. The third kappa shape index (κ3) is 2.58. The third-order valence-electron chi connectivity index (χ3n) is 4.18. The second-order valence-electron chi connectivity index (χ2n) is 5.52. The van der Waals surface area contributed by atoms with Gasteiger partial charge in [-0.15, -0.1) is 0 Å². The molecule has 1 aliphatic carbocycles. The Bertz CT molecular complexity index is 430. The number of nitrogens with zero attached hydrogens (tertiary/aromatic N) is 1. The second-order valence-corrected chi connectivity index (χ2v) is 5.52. The molecule has 0 saturated heterocycles. The molecule has 0 atom stereocenters. The fourth-order valence-corrected chi connectivity index (χ4v) is 3.21. The van der Waals surface area contributed by atoms with Gasteiger partial charge in [0.05, 0.1) is 6.54 Å². The summed E-state index contributed by atoms with van der Waals surface area (Å²) in [5, 5.41) is 3.40. The van der Waals surface area contributed by atoms with E-state index in [2.05, 4.69) is 34.6 Å². The molecular formula is C16H22N2. The Hall–Kier alpha value is -1.31. The molecule has 18 heavy (non-hydrogen) atoms. The van der Waals surface area contributed by atoms with Crippen LogP contribution in [-0.4, -0.2) is 18.9 Å². The zero-order valence-electron chi connectivity index (χ0n) is 11.0. The van der Waals surface area contributed by atoms with Gasteiger partial charge in [-0.3, -0.25) is 4.99 Å². The van der Waals surface area contributed by atoms with Crippen molar-refractivity contribution in [2.45, 2.75) is 38.5 Å². The van der Waals surface area contributed by atoms with E-state index in [1.807, 2.05) is 0 Å². The van der Waals surface area contributed by atoms with Crippen LogP contribution in [0.4, 0.5) is 0 Å². The second kappa shape index (κ2) is 5.55. The van der Waals surface area contributed by atoms with Crippen molar-refractivity contribution in [2.24, 2.45) is 10.9 Å². The highest BCUT2D eigenvalue weighted by molar-refractivity contribution is 6.01. The van der Waals surface area contributed by atoms with Crippen molar-refractivity contribution in [3.8, 4) is 0 Å². The van der Waals surface area contributed by atoms with Gasteiger partial charge in [-0.2, -0.15) is 0 Å². The highest BCUT2D eigenvalue weighted by atomic mass is 15.1. The Kier molecular flexibility index (Phi) is 3.63. The monoisotopic (exact) mass is 242 g/mol. The average molecular weight is 242 g/mol. The van der Waals surface area contributed by atoms with E-state index in [0.29, 0.717) is 0 Å². The summed E-state index contributed by atoms with van der Waals surface area (Å²) in [6.07, 6.45) is 8.34. The van der Waals surface area contributed by atoms with Crippen LogP contribution in [0, 0.1) is 5.92 Å². The van der Waals surface area contributed by atoms with E-state index in [0.717, 1.165) is 24.8 Å². The molecule has 1 aromatic rings. The Morgan fingerprint density at radius 2 is 1.94 bits per heavy atom. The molecule has 0 unspecified atom stereocenters. The maximum atomic E-state index is 4.57. The van der Waals surface area contributed by atoms with Gasteiger partial charge in [0.25, 0.3) is 0 Å². The molecule has 2 nitrogen and oxygen atoms in total. The summed E-state index contributed by atoms with van der Waals surface area (Å²) in [7, 11) is 0. The molecule has 1 aromatic carbocycles. The van der Waals surface area contributed by atoms with E-state index in [1.165, 1.54) is 49.7 Å². The van der Waals surface area contributed by atoms with Crippen molar-refractivity contribution in [3.63, 3.8) is 0 Å². The first kappa shape index (κ1) is 11.8. The van der Waals surface area contributed by atoms with Gasteiger partial charge in [0.1, 0.15) is 5.84 Å². The topological polar surface area (TPSA) is 24.4 Å². The third-order valence-corrected chi connectivity index (χ3v) is 4.18. The first-order valence-electron chi connectivity index (χ1n) is 7.30. The lowest BCUT2D eigenvalue weighted by atomic mass is 9.84. The molecule has 1 N–H and O–H groups in total. The van der Waals surface area contributed by atoms with Crippen LogP contribution < -0.4 is 5.32 Å². The van der Waals surface area contributed by atoms with E-state index >= 15 is 0 Å². The highest BCUT2D eigenvalue weighted by Crippen LogP contribution is 2.28. The van der Waals surface area contributed by atoms with Crippen LogP contribution in [0.25, 0.3) is 0 Å². The Labute approximate surface area is 110 Å². The molecule has 1 heterocycles. The van der Waals surface area contributed by atoms with E-state index < -0.39 is 0 Å². The summed E-state index contributed by atoms with van der Waals surface area (Å²) in [5.41, 5.74) is 2.82. The molecule has 0 radical (unpaired) electrons. The van der Waals surface area contributed by atoms with Gasteiger partial charge in [-0.05, 0) is 17.9 Å². The Morgan fingerprint density at radius 3 is 2.72 bits per heavy atom. The summed E-state index contributed by atoms with van der Waals surface area (Å²) < 4.78 is 0. The first-order chi connectivity index (χ1) is 8.93. The fraction of sp³-hybridized carbons (Fsp3) is 0.562. The standard InChI is InChI=1S/C16H22N2/c1-2-6-13(7-3-1)12-14-8-4-5-9-15(14)16-17-10-11-18-16/h4-5,8-9,13H,1-3,6-7,10-12H2,(H,17,18). The number of hydrogen-bond donors (Lipinski definition) is 1. The lowest BCUT2D eigenvalue weighted by Crippen LogP contribution is -2.21. The van der Waals surface area contributed by atoms with Crippen LogP contribution in [0.15, 0.2) is 29.3 Å². The minimum atomic E-state index is 0.891. The van der Waals surface area contributed by atoms with Crippen LogP contribution in [0.1, 0.15) is 43.2 Å². The van der Waals surface area contributed by atoms with Crippen LogP contribution in [0.5, 0.6) is 0 Å². The lowest BCUT2D eigenvalue weighted by Gasteiger charge is -2.22. The molecule has 0 amide bonds. The Balaban J connectivity index is 1.78. The van der Waals surface area contributed by atoms with Gasteiger partial charge in [-0.25, -0.2) is 0 Å².